The molecule has 0 aliphatic rings. The summed E-state index contributed by atoms with van der Waals surface area (Å²) in [7, 11) is 0. The lowest BCUT2D eigenvalue weighted by molar-refractivity contribution is -0.140. The lowest BCUT2D eigenvalue weighted by atomic mass is 10.2. The Morgan fingerprint density at radius 2 is 1.67 bits per heavy atom. The average Bonchev–Trinajstić information content (AvgIpc) is 2.24. The molecule has 6 N–H and O–H groups in total. The van der Waals surface area contributed by atoms with Crippen LogP contribution in [-0.4, -0.2) is 52.6 Å². The predicted octanol–water partition coefficient (Wildman–Crippen LogP) is -2.51. The van der Waals surface area contributed by atoms with Gasteiger partial charge in [0.15, 0.2) is 0 Å². The molecule has 0 saturated carbocycles. The van der Waals surface area contributed by atoms with Crippen LogP contribution in [-0.2, 0) is 19.2 Å². The van der Waals surface area contributed by atoms with Crippen molar-refractivity contribution < 1.29 is 29.4 Å². The molecule has 0 spiro atoms. The van der Waals surface area contributed by atoms with E-state index in [9.17, 15) is 19.2 Å². The molecule has 9 heteroatoms. The van der Waals surface area contributed by atoms with E-state index in [1.54, 1.807) is 0 Å². The van der Waals surface area contributed by atoms with E-state index in [1.807, 2.05) is 0 Å². The number of nitrogens with one attached hydrogen (secondary N) is 2. The average molecular weight is 261 g/mol. The molecule has 0 unspecified atom stereocenters. The first-order valence-electron chi connectivity index (χ1n) is 5.01. The van der Waals surface area contributed by atoms with Crippen LogP contribution in [0.25, 0.3) is 0 Å². The first kappa shape index (κ1) is 15.8. The van der Waals surface area contributed by atoms with Crippen molar-refractivity contribution in [1.82, 2.24) is 10.6 Å². The van der Waals surface area contributed by atoms with Crippen LogP contribution >= 0.6 is 0 Å². The van der Waals surface area contributed by atoms with E-state index in [1.165, 1.54) is 6.92 Å². The molecule has 0 aliphatic carbocycles. The maximum absolute atomic E-state index is 11.3. The summed E-state index contributed by atoms with van der Waals surface area (Å²) in [5.41, 5.74) is 5.27. The van der Waals surface area contributed by atoms with E-state index in [4.69, 9.17) is 15.9 Å². The zero-order valence-electron chi connectivity index (χ0n) is 9.67. The van der Waals surface area contributed by atoms with Crippen molar-refractivity contribution in [2.24, 2.45) is 5.73 Å². The van der Waals surface area contributed by atoms with Crippen molar-refractivity contribution in [2.75, 3.05) is 6.54 Å². The van der Waals surface area contributed by atoms with Crippen molar-refractivity contribution in [2.45, 2.75) is 25.4 Å². The minimum atomic E-state index is -1.27. The first-order valence-corrected chi connectivity index (χ1v) is 5.01. The highest BCUT2D eigenvalue weighted by Gasteiger charge is 2.21. The largest absolute Gasteiger partial charge is 0.481 e. The van der Waals surface area contributed by atoms with Gasteiger partial charge in [-0.2, -0.15) is 0 Å². The van der Waals surface area contributed by atoms with Crippen molar-refractivity contribution in [3.63, 3.8) is 0 Å². The summed E-state index contributed by atoms with van der Waals surface area (Å²) in [6.07, 6.45) is -0.560. The Hall–Kier alpha value is -2.16. The second-order valence-corrected chi connectivity index (χ2v) is 3.55. The number of carboxylic acids is 2. The third-order valence-electron chi connectivity index (χ3n) is 1.90. The van der Waals surface area contributed by atoms with Gasteiger partial charge in [0.1, 0.15) is 12.6 Å². The number of amides is 2. The summed E-state index contributed by atoms with van der Waals surface area (Å²) in [5, 5.41) is 21.0. The Labute approximate surface area is 102 Å². The van der Waals surface area contributed by atoms with Gasteiger partial charge in [0.2, 0.25) is 11.8 Å². The van der Waals surface area contributed by atoms with Crippen molar-refractivity contribution in [3.8, 4) is 0 Å². The molecule has 18 heavy (non-hydrogen) atoms. The number of aliphatic carboxylic acids is 2. The van der Waals surface area contributed by atoms with Crippen molar-refractivity contribution in [3.05, 3.63) is 0 Å². The summed E-state index contributed by atoms with van der Waals surface area (Å²) < 4.78 is 0. The van der Waals surface area contributed by atoms with Gasteiger partial charge in [-0.25, -0.2) is 0 Å². The zero-order valence-corrected chi connectivity index (χ0v) is 9.67. The third-order valence-corrected chi connectivity index (χ3v) is 1.90. The molecular formula is C9H15N3O6. The molecule has 0 heterocycles. The van der Waals surface area contributed by atoms with Gasteiger partial charge in [0, 0.05) is 0 Å². The van der Waals surface area contributed by atoms with E-state index >= 15 is 0 Å². The number of carboxylic acid groups (broad SMARTS) is 2. The Kier molecular flexibility index (Phi) is 6.35. The molecular weight excluding hydrogens is 246 g/mol. The predicted molar refractivity (Wildman–Crippen MR) is 58.5 cm³/mol. The Morgan fingerprint density at radius 3 is 2.11 bits per heavy atom. The van der Waals surface area contributed by atoms with Gasteiger partial charge in [-0.3, -0.25) is 19.2 Å². The fourth-order valence-corrected chi connectivity index (χ4v) is 0.983. The van der Waals surface area contributed by atoms with E-state index in [-0.39, 0.29) is 0 Å². The topological polar surface area (TPSA) is 159 Å². The highest BCUT2D eigenvalue weighted by Crippen LogP contribution is 1.91. The normalized spacial score (nSPS) is 13.2. The number of carbonyl (C=O) groups is 4. The first-order chi connectivity index (χ1) is 8.23. The molecule has 0 rings (SSSR count). The van der Waals surface area contributed by atoms with Gasteiger partial charge in [0.25, 0.3) is 0 Å². The molecule has 0 aromatic rings. The molecule has 0 aromatic carbocycles. The van der Waals surface area contributed by atoms with E-state index in [0.717, 1.165) is 0 Å². The number of hydrogen-bond acceptors (Lipinski definition) is 5. The Balaban J connectivity index is 4.17. The molecule has 0 radical (unpaired) electrons. The van der Waals surface area contributed by atoms with E-state index in [0.29, 0.717) is 0 Å². The molecule has 102 valence electrons. The Bertz CT molecular complexity index is 356. The van der Waals surface area contributed by atoms with Gasteiger partial charge >= 0.3 is 11.9 Å². The number of carbonyl (C=O) groups excluding carboxylic acids is 2. The van der Waals surface area contributed by atoms with Crippen LogP contribution in [0.5, 0.6) is 0 Å². The van der Waals surface area contributed by atoms with Crippen LogP contribution in [0.15, 0.2) is 0 Å². The molecule has 2 atom stereocenters. The number of rotatable bonds is 7. The standard InChI is InChI=1S/C9H15N3O6/c1-4(8(17)11-3-7(15)16)12-9(18)5(10)2-6(13)14/h4-5H,2-3,10H2,1H3,(H,11,17)(H,12,18)(H,13,14)(H,15,16)/t4-,5-/m0/s1. The summed E-state index contributed by atoms with van der Waals surface area (Å²) in [4.78, 5) is 43.1. The molecule has 0 aliphatic heterocycles. The van der Waals surface area contributed by atoms with Gasteiger partial charge in [-0.05, 0) is 6.92 Å². The summed E-state index contributed by atoms with van der Waals surface area (Å²) in [6, 6.07) is -2.27. The molecule has 9 nitrogen and oxygen atoms in total. The lowest BCUT2D eigenvalue weighted by Gasteiger charge is -2.15. The van der Waals surface area contributed by atoms with Crippen LogP contribution in [0.4, 0.5) is 0 Å². The Morgan fingerprint density at radius 1 is 1.11 bits per heavy atom. The quantitative estimate of drug-likeness (QED) is 0.338. The smallest absolute Gasteiger partial charge is 0.322 e. The third kappa shape index (κ3) is 6.43. The van der Waals surface area contributed by atoms with Gasteiger partial charge in [0.05, 0.1) is 12.5 Å². The molecule has 0 saturated heterocycles. The zero-order chi connectivity index (χ0) is 14.3. The van der Waals surface area contributed by atoms with Gasteiger partial charge in [-0.1, -0.05) is 0 Å². The summed E-state index contributed by atoms with van der Waals surface area (Å²) in [6.45, 7) is 0.753. The van der Waals surface area contributed by atoms with Crippen LogP contribution in [0.1, 0.15) is 13.3 Å². The van der Waals surface area contributed by atoms with E-state index in [2.05, 4.69) is 10.6 Å². The fraction of sp³-hybridized carbons (Fsp3) is 0.556. The molecule has 2 amide bonds. The molecule has 0 bridgehead atoms. The SMILES string of the molecule is C[C@H](NC(=O)[C@@H](N)CC(=O)O)C(=O)NCC(=O)O. The van der Waals surface area contributed by atoms with Crippen molar-refractivity contribution >= 4 is 23.8 Å². The molecule has 0 fully saturated rings. The maximum atomic E-state index is 11.3. The van der Waals surface area contributed by atoms with Crippen LogP contribution in [0, 0.1) is 0 Å². The number of nitrogens with two attached hydrogens (primary N) is 1. The maximum Gasteiger partial charge on any atom is 0.322 e. The minimum Gasteiger partial charge on any atom is -0.481 e. The second-order valence-electron chi connectivity index (χ2n) is 3.55. The molecule has 0 aromatic heterocycles. The van der Waals surface area contributed by atoms with Gasteiger partial charge in [-0.15, -0.1) is 0 Å². The summed E-state index contributed by atoms with van der Waals surface area (Å²) in [5.74, 6) is -3.95. The van der Waals surface area contributed by atoms with Crippen LogP contribution in [0.2, 0.25) is 0 Å². The highest BCUT2D eigenvalue weighted by atomic mass is 16.4. The monoisotopic (exact) mass is 261 g/mol. The lowest BCUT2D eigenvalue weighted by Crippen LogP contribution is -2.51. The minimum absolute atomic E-state index is 0.560. The fourth-order valence-electron chi connectivity index (χ4n) is 0.983. The van der Waals surface area contributed by atoms with E-state index < -0.39 is 48.8 Å². The van der Waals surface area contributed by atoms with Crippen LogP contribution < -0.4 is 16.4 Å². The van der Waals surface area contributed by atoms with Gasteiger partial charge < -0.3 is 26.6 Å². The van der Waals surface area contributed by atoms with Crippen LogP contribution in [0.3, 0.4) is 0 Å². The number of hydrogen-bond donors (Lipinski definition) is 5. The second kappa shape index (κ2) is 7.22. The van der Waals surface area contributed by atoms with Crippen molar-refractivity contribution in [1.29, 1.82) is 0 Å². The highest BCUT2D eigenvalue weighted by molar-refractivity contribution is 5.92. The summed E-state index contributed by atoms with van der Waals surface area (Å²) >= 11 is 0.